The van der Waals surface area contributed by atoms with Gasteiger partial charge in [0.1, 0.15) is 0 Å². The second kappa shape index (κ2) is 6.44. The van der Waals surface area contributed by atoms with Crippen LogP contribution >= 0.6 is 0 Å². The van der Waals surface area contributed by atoms with Crippen LogP contribution in [0.3, 0.4) is 0 Å². The number of carbonyl (C=O) groups is 1. The van der Waals surface area contributed by atoms with Crippen LogP contribution in [0, 0.1) is 5.41 Å². The molecule has 7 nitrogen and oxygen atoms in total. The highest BCUT2D eigenvalue weighted by atomic mass is 16.3. The van der Waals surface area contributed by atoms with Crippen molar-refractivity contribution in [2.45, 2.75) is 38.2 Å². The smallest absolute Gasteiger partial charge is 0.255 e. The van der Waals surface area contributed by atoms with Crippen molar-refractivity contribution in [3.05, 3.63) is 42.2 Å². The maximum atomic E-state index is 13.3. The summed E-state index contributed by atoms with van der Waals surface area (Å²) in [5, 5.41) is 19.0. The van der Waals surface area contributed by atoms with Gasteiger partial charge in [-0.1, -0.05) is 6.42 Å². The molecule has 1 amide bonds. The molecule has 0 bridgehead atoms. The summed E-state index contributed by atoms with van der Waals surface area (Å²) in [6.45, 7) is 1.40. The number of hydrogen-bond donors (Lipinski definition) is 1. The fraction of sp³-hybridized carbons (Fsp3) is 0.476. The summed E-state index contributed by atoms with van der Waals surface area (Å²) in [6.07, 6.45) is 8.40. The number of pyridine rings is 1. The van der Waals surface area contributed by atoms with Crippen LogP contribution in [0.2, 0.25) is 0 Å². The van der Waals surface area contributed by atoms with E-state index in [1.165, 1.54) is 0 Å². The zero-order valence-corrected chi connectivity index (χ0v) is 16.1. The summed E-state index contributed by atoms with van der Waals surface area (Å²) in [5.74, 6) is 0.741. The van der Waals surface area contributed by atoms with Gasteiger partial charge < -0.3 is 14.6 Å². The van der Waals surface area contributed by atoms with E-state index in [1.807, 2.05) is 57.6 Å². The van der Waals surface area contributed by atoms with Gasteiger partial charge in [0.2, 0.25) is 0 Å². The molecule has 7 heteroatoms. The lowest BCUT2D eigenvalue weighted by atomic mass is 9.76. The molecule has 1 N–H and O–H groups in total. The van der Waals surface area contributed by atoms with E-state index >= 15 is 0 Å². The second-order valence-corrected chi connectivity index (χ2v) is 8.27. The number of hydrogen-bond acceptors (Lipinski definition) is 4. The standard InChI is InChI=1S/C21H25N5O2/c1-24-11-3-5-16(24)19-23-22-18-8-7-15(13-26(18)19)20(28)25-12-4-10-21(14-25)9-2-6-17(21)27/h3,5,7-8,11,13,17,27H,2,4,6,9-10,12,14H2,1H3/t17-,21-/m1/s1. The lowest BCUT2D eigenvalue weighted by molar-refractivity contribution is -0.00537. The van der Waals surface area contributed by atoms with Crippen LogP contribution < -0.4 is 0 Å². The molecule has 2 fully saturated rings. The summed E-state index contributed by atoms with van der Waals surface area (Å²) in [5.41, 5.74) is 2.19. The molecule has 1 saturated heterocycles. The molecule has 3 aromatic heterocycles. The molecule has 1 spiro atoms. The zero-order chi connectivity index (χ0) is 19.3. The van der Waals surface area contributed by atoms with E-state index in [2.05, 4.69) is 10.2 Å². The molecule has 1 aliphatic carbocycles. The maximum absolute atomic E-state index is 13.3. The van der Waals surface area contributed by atoms with Gasteiger partial charge in [-0.25, -0.2) is 0 Å². The highest BCUT2D eigenvalue weighted by Crippen LogP contribution is 2.45. The quantitative estimate of drug-likeness (QED) is 0.742. The number of aromatic nitrogens is 4. The highest BCUT2D eigenvalue weighted by molar-refractivity contribution is 5.94. The summed E-state index contributed by atoms with van der Waals surface area (Å²) in [4.78, 5) is 15.2. The molecule has 2 aliphatic rings. The molecule has 0 aromatic carbocycles. The van der Waals surface area contributed by atoms with Crippen molar-refractivity contribution in [1.82, 2.24) is 24.1 Å². The minimum atomic E-state index is -0.285. The second-order valence-electron chi connectivity index (χ2n) is 8.27. The van der Waals surface area contributed by atoms with Gasteiger partial charge in [-0.05, 0) is 49.9 Å². The molecule has 146 valence electrons. The van der Waals surface area contributed by atoms with Gasteiger partial charge in [-0.2, -0.15) is 0 Å². The molecular weight excluding hydrogens is 354 g/mol. The van der Waals surface area contributed by atoms with E-state index in [1.54, 1.807) is 0 Å². The Morgan fingerprint density at radius 2 is 2.07 bits per heavy atom. The zero-order valence-electron chi connectivity index (χ0n) is 16.1. The summed E-state index contributed by atoms with van der Waals surface area (Å²) >= 11 is 0. The highest BCUT2D eigenvalue weighted by Gasteiger charge is 2.45. The van der Waals surface area contributed by atoms with Gasteiger partial charge in [0, 0.05) is 37.9 Å². The molecule has 1 aliphatic heterocycles. The van der Waals surface area contributed by atoms with Crippen molar-refractivity contribution in [2.24, 2.45) is 12.5 Å². The van der Waals surface area contributed by atoms with Crippen molar-refractivity contribution in [2.75, 3.05) is 13.1 Å². The summed E-state index contributed by atoms with van der Waals surface area (Å²) < 4.78 is 3.87. The normalized spacial score (nSPS) is 25.1. The van der Waals surface area contributed by atoms with E-state index in [4.69, 9.17) is 0 Å². The number of likely N-dealkylation sites (tertiary alicyclic amines) is 1. The van der Waals surface area contributed by atoms with Crippen molar-refractivity contribution in [3.8, 4) is 11.5 Å². The van der Waals surface area contributed by atoms with E-state index in [9.17, 15) is 9.90 Å². The maximum Gasteiger partial charge on any atom is 0.255 e. The average Bonchev–Trinajstić information content (AvgIpc) is 3.40. The predicted molar refractivity (Wildman–Crippen MR) is 105 cm³/mol. The van der Waals surface area contributed by atoms with Crippen LogP contribution in [-0.2, 0) is 7.05 Å². The Balaban J connectivity index is 1.47. The number of amides is 1. The average molecular weight is 379 g/mol. The third kappa shape index (κ3) is 2.64. The van der Waals surface area contributed by atoms with Crippen LogP contribution in [0.15, 0.2) is 36.7 Å². The van der Waals surface area contributed by atoms with Crippen LogP contribution in [-0.4, -0.2) is 54.3 Å². The van der Waals surface area contributed by atoms with Gasteiger partial charge in [0.05, 0.1) is 17.4 Å². The van der Waals surface area contributed by atoms with Gasteiger partial charge in [-0.3, -0.25) is 9.20 Å². The minimum absolute atomic E-state index is 0.0200. The first-order chi connectivity index (χ1) is 13.6. The van der Waals surface area contributed by atoms with Crippen molar-refractivity contribution < 1.29 is 9.90 Å². The number of rotatable bonds is 2. The third-order valence-electron chi connectivity index (χ3n) is 6.58. The van der Waals surface area contributed by atoms with E-state index in [-0.39, 0.29) is 17.4 Å². The Kier molecular flexibility index (Phi) is 4.01. The lowest BCUT2D eigenvalue weighted by Crippen LogP contribution is -2.49. The Hall–Kier alpha value is -2.67. The predicted octanol–water partition coefficient (Wildman–Crippen LogP) is 2.50. The number of aliphatic hydroxyl groups is 1. The van der Waals surface area contributed by atoms with Gasteiger partial charge >= 0.3 is 0 Å². The fourth-order valence-corrected chi connectivity index (χ4v) is 5.00. The first kappa shape index (κ1) is 17.4. The fourth-order valence-electron chi connectivity index (χ4n) is 5.00. The molecule has 3 aromatic rings. The Morgan fingerprint density at radius 3 is 2.82 bits per heavy atom. The molecule has 0 radical (unpaired) electrons. The number of aliphatic hydroxyl groups excluding tert-OH is 1. The SMILES string of the molecule is Cn1cccc1-c1nnc2ccc(C(=O)N3CCC[C@]4(CCC[C@H]4O)C3)cn12. The van der Waals surface area contributed by atoms with Gasteiger partial charge in [-0.15, -0.1) is 10.2 Å². The van der Waals surface area contributed by atoms with Gasteiger partial charge in [0.15, 0.2) is 11.5 Å². The topological polar surface area (TPSA) is 75.7 Å². The number of carbonyl (C=O) groups excluding carboxylic acids is 1. The van der Waals surface area contributed by atoms with Crippen LogP contribution in [0.5, 0.6) is 0 Å². The molecular formula is C21H25N5O2. The van der Waals surface area contributed by atoms with Crippen LogP contribution in [0.4, 0.5) is 0 Å². The molecule has 0 unspecified atom stereocenters. The molecule has 4 heterocycles. The molecule has 2 atom stereocenters. The van der Waals surface area contributed by atoms with Crippen LogP contribution in [0.1, 0.15) is 42.5 Å². The lowest BCUT2D eigenvalue weighted by Gasteiger charge is -2.42. The molecule has 28 heavy (non-hydrogen) atoms. The first-order valence-corrected chi connectivity index (χ1v) is 10.0. The monoisotopic (exact) mass is 379 g/mol. The number of nitrogens with zero attached hydrogens (tertiary/aromatic N) is 5. The minimum Gasteiger partial charge on any atom is -0.392 e. The molecule has 5 rings (SSSR count). The Bertz CT molecular complexity index is 1040. The van der Waals surface area contributed by atoms with E-state index < -0.39 is 0 Å². The van der Waals surface area contributed by atoms with Crippen molar-refractivity contribution in [3.63, 3.8) is 0 Å². The largest absolute Gasteiger partial charge is 0.392 e. The Morgan fingerprint density at radius 1 is 1.21 bits per heavy atom. The Labute approximate surface area is 163 Å². The number of fused-ring (bicyclic) bond motifs is 1. The summed E-state index contributed by atoms with van der Waals surface area (Å²) in [7, 11) is 1.96. The van der Waals surface area contributed by atoms with Gasteiger partial charge in [0.25, 0.3) is 5.91 Å². The van der Waals surface area contributed by atoms with E-state index in [0.29, 0.717) is 17.8 Å². The number of piperidine rings is 1. The van der Waals surface area contributed by atoms with Crippen molar-refractivity contribution >= 4 is 11.6 Å². The summed E-state index contributed by atoms with van der Waals surface area (Å²) in [6, 6.07) is 7.62. The van der Waals surface area contributed by atoms with Crippen LogP contribution in [0.25, 0.3) is 17.2 Å². The first-order valence-electron chi connectivity index (χ1n) is 10.0. The third-order valence-corrected chi connectivity index (χ3v) is 6.58. The van der Waals surface area contributed by atoms with E-state index in [0.717, 1.165) is 50.2 Å². The van der Waals surface area contributed by atoms with Crippen molar-refractivity contribution in [1.29, 1.82) is 0 Å². The molecule has 1 saturated carbocycles. The number of aryl methyl sites for hydroxylation is 1.